The first kappa shape index (κ1) is 20.2. The van der Waals surface area contributed by atoms with Gasteiger partial charge >= 0.3 is 11.9 Å². The Balaban J connectivity index is 5.33. The molecule has 0 aromatic heterocycles. The summed E-state index contributed by atoms with van der Waals surface area (Å²) in [5, 5.41) is 9.47. The van der Waals surface area contributed by atoms with Gasteiger partial charge in [-0.3, -0.25) is 0 Å². The molecule has 0 spiro atoms. The van der Waals surface area contributed by atoms with Crippen LogP contribution in [0.3, 0.4) is 0 Å². The molecule has 5 heteroatoms. The molecule has 0 aromatic rings. The summed E-state index contributed by atoms with van der Waals surface area (Å²) >= 11 is 0. The van der Waals surface area contributed by atoms with E-state index in [1.807, 2.05) is 13.0 Å². The van der Waals surface area contributed by atoms with E-state index in [9.17, 15) is 14.9 Å². The van der Waals surface area contributed by atoms with Crippen LogP contribution in [0, 0.1) is 16.7 Å². The van der Waals surface area contributed by atoms with Crippen LogP contribution < -0.4 is 0 Å². The van der Waals surface area contributed by atoms with Gasteiger partial charge in [-0.05, 0) is 54.0 Å². The van der Waals surface area contributed by atoms with Crippen LogP contribution in [0.25, 0.3) is 0 Å². The second-order valence-electron chi connectivity index (χ2n) is 7.20. The summed E-state index contributed by atoms with van der Waals surface area (Å²) in [6, 6.07) is 1.99. The van der Waals surface area contributed by atoms with Crippen molar-refractivity contribution in [3.63, 3.8) is 0 Å². The van der Waals surface area contributed by atoms with Gasteiger partial charge in [0.25, 0.3) is 0 Å². The van der Waals surface area contributed by atoms with Gasteiger partial charge in [0.05, 0.1) is 6.07 Å². The lowest BCUT2D eigenvalue weighted by molar-refractivity contribution is -0.162. The summed E-state index contributed by atoms with van der Waals surface area (Å²) in [5.41, 5.74) is -2.81. The zero-order valence-corrected chi connectivity index (χ0v) is 14.6. The summed E-state index contributed by atoms with van der Waals surface area (Å²) < 4.78 is 10.5. The van der Waals surface area contributed by atoms with E-state index in [0.29, 0.717) is 6.42 Å². The first-order valence-corrected chi connectivity index (χ1v) is 7.42. The zero-order valence-electron chi connectivity index (χ0n) is 14.6. The Bertz CT molecular complexity index is 474. The Morgan fingerprint density at radius 3 is 1.91 bits per heavy atom. The Morgan fingerprint density at radius 2 is 1.55 bits per heavy atom. The Kier molecular flexibility index (Phi) is 6.82. The highest BCUT2D eigenvalue weighted by molar-refractivity contribution is 5.87. The average Bonchev–Trinajstić information content (AvgIpc) is 2.30. The van der Waals surface area contributed by atoms with E-state index < -0.39 is 28.6 Å². The van der Waals surface area contributed by atoms with Crippen molar-refractivity contribution in [1.82, 2.24) is 0 Å². The van der Waals surface area contributed by atoms with E-state index in [1.165, 1.54) is 6.08 Å². The van der Waals surface area contributed by atoms with Gasteiger partial charge in [-0.1, -0.05) is 13.3 Å². The maximum absolute atomic E-state index is 12.4. The van der Waals surface area contributed by atoms with Gasteiger partial charge in [-0.2, -0.15) is 5.26 Å². The van der Waals surface area contributed by atoms with Gasteiger partial charge in [-0.25, -0.2) is 9.59 Å². The first-order valence-electron chi connectivity index (χ1n) is 7.42. The van der Waals surface area contributed by atoms with Crippen LogP contribution in [0.15, 0.2) is 12.2 Å². The van der Waals surface area contributed by atoms with Crippen LogP contribution in [0.2, 0.25) is 0 Å². The topological polar surface area (TPSA) is 76.4 Å². The van der Waals surface area contributed by atoms with Crippen LogP contribution in [0.1, 0.15) is 61.3 Å². The van der Waals surface area contributed by atoms with Crippen molar-refractivity contribution >= 4 is 11.9 Å². The van der Waals surface area contributed by atoms with Crippen molar-refractivity contribution < 1.29 is 19.1 Å². The van der Waals surface area contributed by atoms with Gasteiger partial charge in [0.15, 0.2) is 5.41 Å². The van der Waals surface area contributed by atoms with Gasteiger partial charge in [0.2, 0.25) is 0 Å². The maximum atomic E-state index is 12.4. The van der Waals surface area contributed by atoms with Crippen molar-refractivity contribution in [1.29, 1.82) is 5.26 Å². The molecule has 0 bridgehead atoms. The lowest BCUT2D eigenvalue weighted by Gasteiger charge is -2.27. The third-order valence-corrected chi connectivity index (χ3v) is 2.52. The summed E-state index contributed by atoms with van der Waals surface area (Å²) in [7, 11) is 0. The largest absolute Gasteiger partial charge is 0.459 e. The van der Waals surface area contributed by atoms with E-state index in [1.54, 1.807) is 41.5 Å². The Hall–Kier alpha value is -1.83. The fraction of sp³-hybridized carbons (Fsp3) is 0.706. The molecule has 0 amide bonds. The normalized spacial score (nSPS) is 15.0. The third-order valence-electron chi connectivity index (χ3n) is 2.52. The molecule has 0 aliphatic rings. The summed E-state index contributed by atoms with van der Waals surface area (Å²) in [6.07, 6.45) is 3.30. The number of rotatable bonds is 5. The highest BCUT2D eigenvalue weighted by Crippen LogP contribution is 2.29. The van der Waals surface area contributed by atoms with E-state index in [-0.39, 0.29) is 6.42 Å². The molecule has 0 rings (SSSR count). The van der Waals surface area contributed by atoms with Crippen LogP contribution in [0.5, 0.6) is 0 Å². The van der Waals surface area contributed by atoms with E-state index in [2.05, 4.69) is 0 Å². The SMILES string of the molecule is CCCC(C#N)(/C=C/C(=O)OC(C)(C)C)C(=O)OC(C)(C)C. The molecule has 0 aliphatic heterocycles. The van der Waals surface area contributed by atoms with E-state index >= 15 is 0 Å². The number of hydrogen-bond acceptors (Lipinski definition) is 5. The molecule has 22 heavy (non-hydrogen) atoms. The molecular formula is C17H27NO4. The lowest BCUT2D eigenvalue weighted by atomic mass is 9.84. The number of ether oxygens (including phenoxy) is 2. The second-order valence-corrected chi connectivity index (χ2v) is 7.20. The van der Waals surface area contributed by atoms with Crippen molar-refractivity contribution in [3.8, 4) is 6.07 Å². The minimum absolute atomic E-state index is 0.276. The number of hydrogen-bond donors (Lipinski definition) is 0. The minimum Gasteiger partial charge on any atom is -0.459 e. The highest BCUT2D eigenvalue weighted by atomic mass is 16.6. The molecule has 5 nitrogen and oxygen atoms in total. The molecule has 0 N–H and O–H groups in total. The molecule has 1 atom stereocenters. The quantitative estimate of drug-likeness (QED) is 0.573. The fourth-order valence-corrected chi connectivity index (χ4v) is 1.70. The fourth-order valence-electron chi connectivity index (χ4n) is 1.70. The van der Waals surface area contributed by atoms with E-state index in [4.69, 9.17) is 9.47 Å². The molecular weight excluding hydrogens is 282 g/mol. The Morgan fingerprint density at radius 1 is 1.05 bits per heavy atom. The summed E-state index contributed by atoms with van der Waals surface area (Å²) in [5.74, 6) is -1.24. The maximum Gasteiger partial charge on any atom is 0.331 e. The summed E-state index contributed by atoms with van der Waals surface area (Å²) in [6.45, 7) is 12.3. The van der Waals surface area contributed by atoms with Crippen LogP contribution >= 0.6 is 0 Å². The second kappa shape index (κ2) is 7.44. The number of carbonyl (C=O) groups is 2. The molecule has 0 saturated heterocycles. The molecule has 0 heterocycles. The van der Waals surface area contributed by atoms with Gasteiger partial charge in [0.1, 0.15) is 11.2 Å². The number of nitriles is 1. The van der Waals surface area contributed by atoms with Crippen molar-refractivity contribution in [2.45, 2.75) is 72.5 Å². The molecule has 0 radical (unpaired) electrons. The van der Waals surface area contributed by atoms with E-state index in [0.717, 1.165) is 6.08 Å². The summed E-state index contributed by atoms with van der Waals surface area (Å²) in [4.78, 5) is 24.1. The van der Waals surface area contributed by atoms with Gasteiger partial charge < -0.3 is 9.47 Å². The first-order chi connectivity index (χ1) is 9.85. The van der Waals surface area contributed by atoms with Gasteiger partial charge in [0, 0.05) is 6.08 Å². The van der Waals surface area contributed by atoms with Crippen molar-refractivity contribution in [2.75, 3.05) is 0 Å². The third kappa shape index (κ3) is 7.26. The Labute approximate surface area is 133 Å². The highest BCUT2D eigenvalue weighted by Gasteiger charge is 2.39. The lowest BCUT2D eigenvalue weighted by Crippen LogP contribution is -2.36. The zero-order chi connectivity index (χ0) is 17.6. The van der Waals surface area contributed by atoms with Crippen LogP contribution in [-0.2, 0) is 19.1 Å². The van der Waals surface area contributed by atoms with Crippen LogP contribution in [0.4, 0.5) is 0 Å². The molecule has 124 valence electrons. The molecule has 0 fully saturated rings. The molecule has 1 unspecified atom stereocenters. The standard InChI is InChI=1S/C17H27NO4/c1-8-10-17(12-18,14(20)22-16(5,6)7)11-9-13(19)21-15(2,3)4/h9,11H,8,10H2,1-7H3/b11-9+. The van der Waals surface area contributed by atoms with Crippen LogP contribution in [-0.4, -0.2) is 23.1 Å². The van der Waals surface area contributed by atoms with Crippen molar-refractivity contribution in [2.24, 2.45) is 5.41 Å². The predicted molar refractivity (Wildman–Crippen MR) is 83.8 cm³/mol. The average molecular weight is 309 g/mol. The predicted octanol–water partition coefficient (Wildman–Crippen LogP) is 3.54. The molecule has 0 aliphatic carbocycles. The number of esters is 2. The molecule has 0 aromatic carbocycles. The van der Waals surface area contributed by atoms with Gasteiger partial charge in [-0.15, -0.1) is 0 Å². The van der Waals surface area contributed by atoms with Crippen molar-refractivity contribution in [3.05, 3.63) is 12.2 Å². The number of carbonyl (C=O) groups excluding carboxylic acids is 2. The number of nitrogens with zero attached hydrogens (tertiary/aromatic N) is 1. The molecule has 0 saturated carbocycles. The smallest absolute Gasteiger partial charge is 0.331 e. The minimum atomic E-state index is -1.47. The monoisotopic (exact) mass is 309 g/mol.